The monoisotopic (exact) mass is 364 g/mol. The Balaban J connectivity index is 2.10. The van der Waals surface area contributed by atoms with Crippen LogP contribution in [0.1, 0.15) is 27.2 Å². The van der Waals surface area contributed by atoms with E-state index >= 15 is 0 Å². The number of carbonyl (C=O) groups excluding carboxylic acids is 2. The fourth-order valence-electron chi connectivity index (χ4n) is 3.37. The summed E-state index contributed by atoms with van der Waals surface area (Å²) >= 11 is 0. The van der Waals surface area contributed by atoms with Crippen molar-refractivity contribution >= 4 is 17.6 Å². The van der Waals surface area contributed by atoms with Crippen molar-refractivity contribution in [2.45, 2.75) is 39.3 Å². The van der Waals surface area contributed by atoms with Crippen LogP contribution in [0.2, 0.25) is 0 Å². The Morgan fingerprint density at radius 3 is 2.62 bits per heavy atom. The minimum atomic E-state index is -1.57. The minimum Gasteiger partial charge on any atom is -0.382 e. The molecular weight excluding hydrogens is 336 g/mol. The molecule has 0 aliphatic carbocycles. The third kappa shape index (κ3) is 4.70. The van der Waals surface area contributed by atoms with Gasteiger partial charge in [0.25, 0.3) is 5.91 Å². The highest BCUT2D eigenvalue weighted by molar-refractivity contribution is 5.89. The maximum absolute atomic E-state index is 13.0. The van der Waals surface area contributed by atoms with Gasteiger partial charge in [-0.25, -0.2) is 10.5 Å². The number of aliphatic hydroxyl groups excluding tert-OH is 1. The number of hydrogen-bond acceptors (Lipinski definition) is 6. The van der Waals surface area contributed by atoms with Crippen molar-refractivity contribution in [1.82, 2.24) is 15.4 Å². The average molecular weight is 364 g/mol. The SMILES string of the molecule is CC(C)C[C@H](C(=O)N1CCN(c2ccccn2)C[C@H]1C)[C@H](O)C(=O)NO. The van der Waals surface area contributed by atoms with E-state index in [4.69, 9.17) is 5.21 Å². The molecule has 1 aromatic heterocycles. The zero-order chi connectivity index (χ0) is 19.3. The Labute approximate surface area is 153 Å². The second-order valence-electron chi connectivity index (χ2n) is 7.17. The number of nitrogens with zero attached hydrogens (tertiary/aromatic N) is 3. The first-order valence-electron chi connectivity index (χ1n) is 8.93. The molecule has 26 heavy (non-hydrogen) atoms. The molecule has 8 nitrogen and oxygen atoms in total. The molecule has 3 N–H and O–H groups in total. The fourth-order valence-corrected chi connectivity index (χ4v) is 3.37. The van der Waals surface area contributed by atoms with Crippen LogP contribution in [-0.2, 0) is 9.59 Å². The lowest BCUT2D eigenvalue weighted by Gasteiger charge is -2.42. The number of nitrogens with one attached hydrogen (secondary N) is 1. The van der Waals surface area contributed by atoms with Gasteiger partial charge in [0.2, 0.25) is 5.91 Å². The molecule has 0 unspecified atom stereocenters. The maximum atomic E-state index is 13.0. The third-order valence-corrected chi connectivity index (χ3v) is 4.69. The molecule has 2 heterocycles. The molecule has 1 aromatic rings. The van der Waals surface area contributed by atoms with E-state index < -0.39 is 17.9 Å². The van der Waals surface area contributed by atoms with Gasteiger partial charge in [0.15, 0.2) is 0 Å². The van der Waals surface area contributed by atoms with Gasteiger partial charge in [-0.3, -0.25) is 14.8 Å². The van der Waals surface area contributed by atoms with Gasteiger partial charge in [0.1, 0.15) is 11.9 Å². The number of aliphatic hydroxyl groups is 1. The molecule has 0 spiro atoms. The highest BCUT2D eigenvalue weighted by Crippen LogP contribution is 2.23. The predicted octanol–water partition coefficient (Wildman–Crippen LogP) is 0.647. The van der Waals surface area contributed by atoms with Gasteiger partial charge in [0, 0.05) is 31.9 Å². The van der Waals surface area contributed by atoms with Crippen molar-refractivity contribution in [1.29, 1.82) is 0 Å². The summed E-state index contributed by atoms with van der Waals surface area (Å²) in [5.74, 6) is -1.11. The van der Waals surface area contributed by atoms with Gasteiger partial charge in [-0.05, 0) is 31.4 Å². The molecule has 1 aliphatic rings. The number of carbonyl (C=O) groups is 2. The van der Waals surface area contributed by atoms with Crippen molar-refractivity contribution < 1.29 is 19.9 Å². The summed E-state index contributed by atoms with van der Waals surface area (Å²) in [5.41, 5.74) is 1.44. The molecule has 0 radical (unpaired) electrons. The first-order chi connectivity index (χ1) is 12.3. The second-order valence-corrected chi connectivity index (χ2v) is 7.17. The van der Waals surface area contributed by atoms with Crippen molar-refractivity contribution in [3.8, 4) is 0 Å². The standard InChI is InChI=1S/C18H28N4O4/c1-12(2)10-14(16(23)17(24)20-26)18(25)22-9-8-21(11-13(22)3)15-6-4-5-7-19-15/h4-7,12-14,16,23,26H,8-11H2,1-3H3,(H,20,24)/t13-,14+,16+/m1/s1. The summed E-state index contributed by atoms with van der Waals surface area (Å²) in [6.07, 6.45) is 0.525. The van der Waals surface area contributed by atoms with Crippen molar-refractivity contribution in [3.05, 3.63) is 24.4 Å². The Kier molecular flexibility index (Phi) is 6.93. The Morgan fingerprint density at radius 2 is 2.08 bits per heavy atom. The van der Waals surface area contributed by atoms with Gasteiger partial charge >= 0.3 is 0 Å². The van der Waals surface area contributed by atoms with E-state index in [1.807, 2.05) is 39.0 Å². The number of aromatic nitrogens is 1. The van der Waals surface area contributed by atoms with Crippen LogP contribution < -0.4 is 10.4 Å². The molecule has 2 amide bonds. The van der Waals surface area contributed by atoms with Crippen molar-refractivity contribution in [2.24, 2.45) is 11.8 Å². The van der Waals surface area contributed by atoms with Gasteiger partial charge in [0.05, 0.1) is 5.92 Å². The molecule has 3 atom stereocenters. The van der Waals surface area contributed by atoms with Gasteiger partial charge in [-0.1, -0.05) is 19.9 Å². The van der Waals surface area contributed by atoms with Crippen LogP contribution in [0.15, 0.2) is 24.4 Å². The van der Waals surface area contributed by atoms with Crippen LogP contribution in [0, 0.1) is 11.8 Å². The van der Waals surface area contributed by atoms with Crippen molar-refractivity contribution in [2.75, 3.05) is 24.5 Å². The lowest BCUT2D eigenvalue weighted by Crippen LogP contribution is -2.57. The van der Waals surface area contributed by atoms with Crippen LogP contribution in [-0.4, -0.2) is 63.8 Å². The van der Waals surface area contributed by atoms with E-state index in [9.17, 15) is 14.7 Å². The van der Waals surface area contributed by atoms with E-state index in [0.29, 0.717) is 26.1 Å². The summed E-state index contributed by atoms with van der Waals surface area (Å²) in [6.45, 7) is 7.53. The summed E-state index contributed by atoms with van der Waals surface area (Å²) < 4.78 is 0. The zero-order valence-corrected chi connectivity index (χ0v) is 15.5. The highest BCUT2D eigenvalue weighted by Gasteiger charge is 2.38. The molecule has 1 aliphatic heterocycles. The lowest BCUT2D eigenvalue weighted by molar-refractivity contribution is -0.152. The molecule has 1 fully saturated rings. The molecule has 8 heteroatoms. The summed E-state index contributed by atoms with van der Waals surface area (Å²) in [6, 6.07) is 5.63. The van der Waals surface area contributed by atoms with E-state index in [0.717, 1.165) is 5.82 Å². The van der Waals surface area contributed by atoms with E-state index in [1.165, 1.54) is 5.48 Å². The number of pyridine rings is 1. The predicted molar refractivity (Wildman–Crippen MR) is 96.5 cm³/mol. The van der Waals surface area contributed by atoms with E-state index in [1.54, 1.807) is 11.1 Å². The first kappa shape index (κ1) is 20.1. The quantitative estimate of drug-likeness (QED) is 0.505. The van der Waals surface area contributed by atoms with Crippen molar-refractivity contribution in [3.63, 3.8) is 0 Å². The summed E-state index contributed by atoms with van der Waals surface area (Å²) in [4.78, 5) is 32.8. The number of piperazine rings is 1. The summed E-state index contributed by atoms with van der Waals surface area (Å²) in [7, 11) is 0. The maximum Gasteiger partial charge on any atom is 0.272 e. The molecule has 0 bridgehead atoms. The Bertz CT molecular complexity index is 610. The zero-order valence-electron chi connectivity index (χ0n) is 15.5. The topological polar surface area (TPSA) is 106 Å². The largest absolute Gasteiger partial charge is 0.382 e. The first-order valence-corrected chi connectivity index (χ1v) is 8.93. The molecule has 0 aromatic carbocycles. The normalized spacial score (nSPS) is 20.0. The second kappa shape index (κ2) is 8.95. The van der Waals surface area contributed by atoms with Crippen LogP contribution in [0.4, 0.5) is 5.82 Å². The number of hydrogen-bond donors (Lipinski definition) is 3. The van der Waals surface area contributed by atoms with Crippen LogP contribution >= 0.6 is 0 Å². The Morgan fingerprint density at radius 1 is 1.35 bits per heavy atom. The number of hydroxylamine groups is 1. The lowest BCUT2D eigenvalue weighted by atomic mass is 9.89. The third-order valence-electron chi connectivity index (χ3n) is 4.69. The number of amides is 2. The molecule has 0 saturated carbocycles. The molecule has 1 saturated heterocycles. The van der Waals surface area contributed by atoms with Crippen LogP contribution in [0.25, 0.3) is 0 Å². The van der Waals surface area contributed by atoms with Gasteiger partial charge in [-0.15, -0.1) is 0 Å². The summed E-state index contributed by atoms with van der Waals surface area (Å²) in [5, 5.41) is 19.0. The molecule has 144 valence electrons. The number of rotatable bonds is 6. The fraction of sp³-hybridized carbons (Fsp3) is 0.611. The van der Waals surface area contributed by atoms with Crippen LogP contribution in [0.5, 0.6) is 0 Å². The average Bonchev–Trinajstić information content (AvgIpc) is 2.64. The van der Waals surface area contributed by atoms with E-state index in [-0.39, 0.29) is 17.9 Å². The van der Waals surface area contributed by atoms with Crippen LogP contribution in [0.3, 0.4) is 0 Å². The number of anilines is 1. The highest BCUT2D eigenvalue weighted by atomic mass is 16.5. The Hall–Kier alpha value is -2.19. The van der Waals surface area contributed by atoms with Gasteiger partial charge < -0.3 is 14.9 Å². The molecular formula is C18H28N4O4. The molecule has 2 rings (SSSR count). The van der Waals surface area contributed by atoms with E-state index in [2.05, 4.69) is 9.88 Å². The minimum absolute atomic E-state index is 0.0858. The smallest absolute Gasteiger partial charge is 0.272 e. The van der Waals surface area contributed by atoms with Gasteiger partial charge in [-0.2, -0.15) is 0 Å².